The molecule has 0 aliphatic heterocycles. The van der Waals surface area contributed by atoms with Gasteiger partial charge in [0.25, 0.3) is 0 Å². The summed E-state index contributed by atoms with van der Waals surface area (Å²) in [6.07, 6.45) is 3.78. The number of aryl methyl sites for hydroxylation is 1. The maximum absolute atomic E-state index is 4.85. The molecule has 1 aliphatic carbocycles. The van der Waals surface area contributed by atoms with Crippen LogP contribution in [0.1, 0.15) is 58.7 Å². The van der Waals surface area contributed by atoms with Crippen molar-refractivity contribution < 1.29 is 0 Å². The molecule has 1 aromatic heterocycles. The van der Waals surface area contributed by atoms with Crippen LogP contribution in [0.25, 0.3) is 0 Å². The number of hydrogen-bond acceptors (Lipinski definition) is 3. The lowest BCUT2D eigenvalue weighted by Gasteiger charge is -2.24. The van der Waals surface area contributed by atoms with Crippen molar-refractivity contribution in [3.63, 3.8) is 0 Å². The first-order valence-corrected chi connectivity index (χ1v) is 8.41. The molecule has 1 aromatic rings. The summed E-state index contributed by atoms with van der Waals surface area (Å²) in [5, 5.41) is 3.58. The molecule has 0 amide bonds. The van der Waals surface area contributed by atoms with Crippen LogP contribution in [0.2, 0.25) is 0 Å². The summed E-state index contributed by atoms with van der Waals surface area (Å²) in [6.45, 7) is 14.2. The minimum Gasteiger partial charge on any atom is -0.357 e. The van der Waals surface area contributed by atoms with Gasteiger partial charge in [0.15, 0.2) is 0 Å². The van der Waals surface area contributed by atoms with Gasteiger partial charge >= 0.3 is 0 Å². The molecule has 21 heavy (non-hydrogen) atoms. The van der Waals surface area contributed by atoms with Gasteiger partial charge in [-0.25, -0.2) is 4.98 Å². The number of aromatic nitrogens is 1. The summed E-state index contributed by atoms with van der Waals surface area (Å²) in [5.41, 5.74) is 2.70. The third-order valence-corrected chi connectivity index (χ3v) is 3.99. The predicted octanol–water partition coefficient (Wildman–Crippen LogP) is 3.77. The Morgan fingerprint density at radius 1 is 1.24 bits per heavy atom. The molecule has 2 rings (SSSR count). The van der Waals surface area contributed by atoms with E-state index in [1.54, 1.807) is 0 Å². The number of pyridine rings is 1. The molecule has 0 unspecified atom stereocenters. The summed E-state index contributed by atoms with van der Waals surface area (Å²) >= 11 is 0. The van der Waals surface area contributed by atoms with E-state index in [9.17, 15) is 0 Å². The largest absolute Gasteiger partial charge is 0.357 e. The number of nitrogens with one attached hydrogen (secondary N) is 1. The Bertz CT molecular complexity index is 458. The van der Waals surface area contributed by atoms with E-state index in [-0.39, 0.29) is 5.54 Å². The van der Waals surface area contributed by atoms with Gasteiger partial charge in [-0.1, -0.05) is 6.92 Å². The summed E-state index contributed by atoms with van der Waals surface area (Å²) in [7, 11) is 0. The van der Waals surface area contributed by atoms with E-state index < -0.39 is 0 Å². The van der Waals surface area contributed by atoms with Crippen molar-refractivity contribution in [2.45, 2.75) is 66.0 Å². The Kier molecular flexibility index (Phi) is 5.26. The van der Waals surface area contributed by atoms with Crippen LogP contribution in [0, 0.1) is 5.92 Å². The van der Waals surface area contributed by atoms with Gasteiger partial charge in [-0.3, -0.25) is 0 Å². The van der Waals surface area contributed by atoms with Crippen molar-refractivity contribution in [1.29, 1.82) is 0 Å². The van der Waals surface area contributed by atoms with Crippen molar-refractivity contribution in [3.05, 3.63) is 23.4 Å². The van der Waals surface area contributed by atoms with Crippen LogP contribution < -0.4 is 10.2 Å². The highest BCUT2D eigenvalue weighted by Gasteiger charge is 2.24. The van der Waals surface area contributed by atoms with Crippen molar-refractivity contribution in [1.82, 2.24) is 10.3 Å². The molecule has 0 spiro atoms. The Hall–Kier alpha value is -1.09. The molecule has 1 heterocycles. The molecule has 1 saturated carbocycles. The first-order valence-electron chi connectivity index (χ1n) is 8.41. The van der Waals surface area contributed by atoms with E-state index in [0.717, 1.165) is 31.2 Å². The first-order chi connectivity index (χ1) is 9.91. The highest BCUT2D eigenvalue weighted by Crippen LogP contribution is 2.31. The lowest BCUT2D eigenvalue weighted by Crippen LogP contribution is -2.35. The number of rotatable bonds is 7. The van der Waals surface area contributed by atoms with Crippen molar-refractivity contribution >= 4 is 5.82 Å². The van der Waals surface area contributed by atoms with Crippen LogP contribution in [0.5, 0.6) is 0 Å². The summed E-state index contributed by atoms with van der Waals surface area (Å²) in [6, 6.07) is 4.51. The van der Waals surface area contributed by atoms with E-state index in [2.05, 4.69) is 57.0 Å². The van der Waals surface area contributed by atoms with E-state index in [4.69, 9.17) is 4.98 Å². The quantitative estimate of drug-likeness (QED) is 0.828. The molecule has 0 bridgehead atoms. The van der Waals surface area contributed by atoms with Crippen LogP contribution in [-0.2, 0) is 13.0 Å². The van der Waals surface area contributed by atoms with Crippen molar-refractivity contribution in [2.75, 3.05) is 18.0 Å². The second-order valence-electron chi connectivity index (χ2n) is 7.26. The molecule has 1 aliphatic rings. The molecule has 0 saturated heterocycles. The number of hydrogen-bond donors (Lipinski definition) is 1. The zero-order chi connectivity index (χ0) is 15.5. The molecule has 0 radical (unpaired) electrons. The van der Waals surface area contributed by atoms with Crippen LogP contribution in [0.15, 0.2) is 12.1 Å². The summed E-state index contributed by atoms with van der Waals surface area (Å²) < 4.78 is 0. The van der Waals surface area contributed by atoms with Crippen LogP contribution in [0.4, 0.5) is 5.82 Å². The average Bonchev–Trinajstić information content (AvgIpc) is 3.25. The molecular weight excluding hydrogens is 258 g/mol. The fourth-order valence-corrected chi connectivity index (χ4v) is 2.44. The second kappa shape index (κ2) is 6.78. The first kappa shape index (κ1) is 16.3. The fourth-order valence-electron chi connectivity index (χ4n) is 2.44. The molecular formula is C18H31N3. The number of anilines is 1. The highest BCUT2D eigenvalue weighted by molar-refractivity contribution is 5.43. The van der Waals surface area contributed by atoms with Gasteiger partial charge in [0, 0.05) is 30.9 Å². The van der Waals surface area contributed by atoms with Gasteiger partial charge in [-0.2, -0.15) is 0 Å². The Labute approximate surface area is 130 Å². The van der Waals surface area contributed by atoms with E-state index in [1.807, 2.05) is 0 Å². The zero-order valence-corrected chi connectivity index (χ0v) is 14.4. The maximum atomic E-state index is 4.85. The third kappa shape index (κ3) is 5.31. The summed E-state index contributed by atoms with van der Waals surface area (Å²) in [4.78, 5) is 7.29. The normalized spacial score (nSPS) is 15.3. The fraction of sp³-hybridized carbons (Fsp3) is 0.722. The van der Waals surface area contributed by atoms with Gasteiger partial charge < -0.3 is 10.2 Å². The minimum absolute atomic E-state index is 0.147. The van der Waals surface area contributed by atoms with E-state index in [1.165, 1.54) is 30.6 Å². The minimum atomic E-state index is 0.147. The van der Waals surface area contributed by atoms with Gasteiger partial charge in [-0.05, 0) is 70.6 Å². The van der Waals surface area contributed by atoms with Crippen molar-refractivity contribution in [2.24, 2.45) is 5.92 Å². The van der Waals surface area contributed by atoms with Crippen LogP contribution in [-0.4, -0.2) is 23.6 Å². The van der Waals surface area contributed by atoms with Crippen LogP contribution >= 0.6 is 0 Å². The highest BCUT2D eigenvalue weighted by atomic mass is 15.2. The molecule has 0 atom stereocenters. The zero-order valence-electron chi connectivity index (χ0n) is 14.4. The topological polar surface area (TPSA) is 28.2 Å². The van der Waals surface area contributed by atoms with Crippen molar-refractivity contribution in [3.8, 4) is 0 Å². The lowest BCUT2D eigenvalue weighted by molar-refractivity contribution is 0.424. The molecule has 1 N–H and O–H groups in total. The van der Waals surface area contributed by atoms with E-state index >= 15 is 0 Å². The molecule has 3 nitrogen and oxygen atoms in total. The van der Waals surface area contributed by atoms with E-state index in [0.29, 0.717) is 0 Å². The smallest absolute Gasteiger partial charge is 0.129 e. The maximum Gasteiger partial charge on any atom is 0.129 e. The van der Waals surface area contributed by atoms with Gasteiger partial charge in [0.05, 0.1) is 0 Å². The molecule has 0 aromatic carbocycles. The molecule has 3 heteroatoms. The monoisotopic (exact) mass is 289 g/mol. The van der Waals surface area contributed by atoms with Crippen LogP contribution in [0.3, 0.4) is 0 Å². The molecule has 118 valence electrons. The Morgan fingerprint density at radius 2 is 1.95 bits per heavy atom. The Morgan fingerprint density at radius 3 is 2.48 bits per heavy atom. The standard InChI is InChI=1S/C18H31N3/c1-6-16-10-15(12-19-18(3,4)5)11-17(20-16)21(7-2)13-14-8-9-14/h10-11,14,19H,6-9,12-13H2,1-5H3. The lowest BCUT2D eigenvalue weighted by atomic mass is 10.1. The van der Waals surface area contributed by atoms with Gasteiger partial charge in [-0.15, -0.1) is 0 Å². The Balaban J connectivity index is 2.15. The number of nitrogens with zero attached hydrogens (tertiary/aromatic N) is 2. The predicted molar refractivity (Wildman–Crippen MR) is 90.8 cm³/mol. The second-order valence-corrected chi connectivity index (χ2v) is 7.26. The SMILES string of the molecule is CCc1cc(CNC(C)(C)C)cc(N(CC)CC2CC2)n1. The van der Waals surface area contributed by atoms with Gasteiger partial charge in [0.2, 0.25) is 0 Å². The summed E-state index contributed by atoms with van der Waals surface area (Å²) in [5.74, 6) is 2.06. The van der Waals surface area contributed by atoms with Gasteiger partial charge in [0.1, 0.15) is 5.82 Å². The third-order valence-electron chi connectivity index (χ3n) is 3.99. The average molecular weight is 289 g/mol. The molecule has 1 fully saturated rings.